The number of anilines is 1. The lowest BCUT2D eigenvalue weighted by atomic mass is 10.1. The minimum absolute atomic E-state index is 0.174. The molecule has 1 saturated heterocycles. The van der Waals surface area contributed by atoms with Gasteiger partial charge >= 0.3 is 0 Å². The zero-order valence-corrected chi connectivity index (χ0v) is 16.6. The van der Waals surface area contributed by atoms with Crippen molar-refractivity contribution >= 4 is 29.4 Å². The van der Waals surface area contributed by atoms with Crippen LogP contribution < -0.4 is 19.8 Å². The number of nitrogens with one attached hydrogen (secondary N) is 1. The summed E-state index contributed by atoms with van der Waals surface area (Å²) in [6, 6.07) is 13.0. The topological polar surface area (TPSA) is 63.2 Å². The summed E-state index contributed by atoms with van der Waals surface area (Å²) in [6.45, 7) is 1.96. The summed E-state index contributed by atoms with van der Waals surface area (Å²) in [4.78, 5) is 14.3. The van der Waals surface area contributed by atoms with E-state index in [1.54, 1.807) is 37.6 Å². The zero-order valence-electron chi connectivity index (χ0n) is 15.9. The molecule has 0 aliphatic carbocycles. The molecule has 0 radical (unpaired) electrons. The van der Waals surface area contributed by atoms with Gasteiger partial charge in [-0.25, -0.2) is 5.43 Å². The number of piperidine rings is 1. The van der Waals surface area contributed by atoms with Gasteiger partial charge in [0.1, 0.15) is 11.5 Å². The Morgan fingerprint density at radius 1 is 1.18 bits per heavy atom. The fourth-order valence-electron chi connectivity index (χ4n) is 3.07. The average Bonchev–Trinajstić information content (AvgIpc) is 2.74. The van der Waals surface area contributed by atoms with Gasteiger partial charge < -0.3 is 14.4 Å². The Hall–Kier alpha value is -2.73. The Morgan fingerprint density at radius 2 is 1.96 bits per heavy atom. The zero-order chi connectivity index (χ0) is 19.8. The maximum atomic E-state index is 11.9. The van der Waals surface area contributed by atoms with Crippen molar-refractivity contribution in [2.24, 2.45) is 5.10 Å². The first-order valence-electron chi connectivity index (χ1n) is 9.29. The number of carbonyl (C=O) groups is 1. The highest BCUT2D eigenvalue weighted by Crippen LogP contribution is 2.27. The van der Waals surface area contributed by atoms with E-state index in [-0.39, 0.29) is 12.5 Å². The molecule has 28 heavy (non-hydrogen) atoms. The number of halogens is 1. The lowest BCUT2D eigenvalue weighted by Crippen LogP contribution is -2.29. The molecule has 3 rings (SSSR count). The van der Waals surface area contributed by atoms with Crippen LogP contribution in [0.25, 0.3) is 0 Å². The highest BCUT2D eigenvalue weighted by Gasteiger charge is 2.13. The maximum absolute atomic E-state index is 11.9. The molecule has 0 unspecified atom stereocenters. The van der Waals surface area contributed by atoms with E-state index in [2.05, 4.69) is 21.5 Å². The van der Waals surface area contributed by atoms with Crippen LogP contribution in [0, 0.1) is 0 Å². The number of hydrazone groups is 1. The average molecular weight is 402 g/mol. The number of amides is 1. The van der Waals surface area contributed by atoms with Crippen molar-refractivity contribution in [1.29, 1.82) is 0 Å². The lowest BCUT2D eigenvalue weighted by molar-refractivity contribution is -0.123. The number of methoxy groups -OCH3 is 1. The number of hydrogen-bond acceptors (Lipinski definition) is 5. The lowest BCUT2D eigenvalue weighted by Gasteiger charge is -2.29. The second kappa shape index (κ2) is 9.99. The molecule has 1 N–H and O–H groups in total. The Morgan fingerprint density at radius 3 is 2.71 bits per heavy atom. The molecule has 0 bridgehead atoms. The highest BCUT2D eigenvalue weighted by atomic mass is 35.5. The number of carbonyl (C=O) groups excluding carboxylic acids is 1. The van der Waals surface area contributed by atoms with E-state index in [9.17, 15) is 4.79 Å². The van der Waals surface area contributed by atoms with Gasteiger partial charge in [0.15, 0.2) is 6.61 Å². The number of rotatable bonds is 7. The third-order valence-corrected chi connectivity index (χ3v) is 4.84. The molecule has 1 heterocycles. The molecular weight excluding hydrogens is 378 g/mol. The molecule has 148 valence electrons. The molecule has 1 aliphatic heterocycles. The molecule has 0 saturated carbocycles. The molecule has 7 heteroatoms. The SMILES string of the molecule is COc1cc(N2CCCCC2)ccc1/C=N/NC(=O)COc1ccccc1Cl. The number of ether oxygens (including phenoxy) is 2. The first-order chi connectivity index (χ1) is 13.7. The van der Waals surface area contributed by atoms with Crippen molar-refractivity contribution in [3.8, 4) is 11.5 Å². The largest absolute Gasteiger partial charge is 0.496 e. The van der Waals surface area contributed by atoms with E-state index in [1.165, 1.54) is 19.3 Å². The number of nitrogens with zero attached hydrogens (tertiary/aromatic N) is 2. The molecular formula is C21H24ClN3O3. The van der Waals surface area contributed by atoms with Gasteiger partial charge in [-0.05, 0) is 43.5 Å². The Kier molecular flexibility index (Phi) is 7.14. The van der Waals surface area contributed by atoms with E-state index in [4.69, 9.17) is 21.1 Å². The van der Waals surface area contributed by atoms with Crippen molar-refractivity contribution in [3.63, 3.8) is 0 Å². The van der Waals surface area contributed by atoms with Crippen LogP contribution in [0.2, 0.25) is 5.02 Å². The maximum Gasteiger partial charge on any atom is 0.277 e. The van der Waals surface area contributed by atoms with Gasteiger partial charge in [-0.15, -0.1) is 0 Å². The predicted octanol–water partition coefficient (Wildman–Crippen LogP) is 3.87. The van der Waals surface area contributed by atoms with Crippen LogP contribution in [0.15, 0.2) is 47.6 Å². The quantitative estimate of drug-likeness (QED) is 0.565. The molecule has 0 atom stereocenters. The van der Waals surface area contributed by atoms with Crippen LogP contribution in [0.5, 0.6) is 11.5 Å². The van der Waals surface area contributed by atoms with Crippen molar-refractivity contribution in [3.05, 3.63) is 53.1 Å². The Balaban J connectivity index is 1.55. The van der Waals surface area contributed by atoms with Gasteiger partial charge in [-0.3, -0.25) is 4.79 Å². The minimum atomic E-state index is -0.375. The fourth-order valence-corrected chi connectivity index (χ4v) is 3.26. The normalized spacial score (nSPS) is 14.1. The molecule has 1 fully saturated rings. The second-order valence-corrected chi connectivity index (χ2v) is 6.89. The molecule has 6 nitrogen and oxygen atoms in total. The van der Waals surface area contributed by atoms with E-state index in [0.29, 0.717) is 16.5 Å². The minimum Gasteiger partial charge on any atom is -0.496 e. The first-order valence-corrected chi connectivity index (χ1v) is 9.67. The van der Waals surface area contributed by atoms with Crippen molar-refractivity contribution in [2.45, 2.75) is 19.3 Å². The smallest absolute Gasteiger partial charge is 0.277 e. The molecule has 2 aromatic carbocycles. The van der Waals surface area contributed by atoms with Crippen LogP contribution in [0.1, 0.15) is 24.8 Å². The van der Waals surface area contributed by atoms with Crippen molar-refractivity contribution < 1.29 is 14.3 Å². The van der Waals surface area contributed by atoms with Crippen molar-refractivity contribution in [1.82, 2.24) is 5.43 Å². The monoisotopic (exact) mass is 401 g/mol. The highest BCUT2D eigenvalue weighted by molar-refractivity contribution is 6.32. The third-order valence-electron chi connectivity index (χ3n) is 4.53. The third kappa shape index (κ3) is 5.39. The molecule has 1 amide bonds. The van der Waals surface area contributed by atoms with Crippen LogP contribution in [-0.2, 0) is 4.79 Å². The number of hydrogen-bond donors (Lipinski definition) is 1. The Bertz CT molecular complexity index is 835. The number of para-hydroxylation sites is 1. The van der Waals surface area contributed by atoms with Crippen LogP contribution in [-0.4, -0.2) is 38.9 Å². The van der Waals surface area contributed by atoms with Crippen LogP contribution in [0.4, 0.5) is 5.69 Å². The number of benzene rings is 2. The van der Waals surface area contributed by atoms with Crippen LogP contribution >= 0.6 is 11.6 Å². The molecule has 2 aromatic rings. The van der Waals surface area contributed by atoms with Gasteiger partial charge in [-0.2, -0.15) is 5.10 Å². The van der Waals surface area contributed by atoms with E-state index in [1.807, 2.05) is 12.1 Å². The van der Waals surface area contributed by atoms with Crippen molar-refractivity contribution in [2.75, 3.05) is 31.7 Å². The molecule has 0 aromatic heterocycles. The van der Waals surface area contributed by atoms with E-state index >= 15 is 0 Å². The van der Waals surface area contributed by atoms with E-state index in [0.717, 1.165) is 24.3 Å². The van der Waals surface area contributed by atoms with Gasteiger partial charge in [-0.1, -0.05) is 23.7 Å². The fraction of sp³-hybridized carbons (Fsp3) is 0.333. The second-order valence-electron chi connectivity index (χ2n) is 6.49. The predicted molar refractivity (Wildman–Crippen MR) is 112 cm³/mol. The van der Waals surface area contributed by atoms with Gasteiger partial charge in [0, 0.05) is 30.4 Å². The van der Waals surface area contributed by atoms with Gasteiger partial charge in [0.2, 0.25) is 0 Å². The van der Waals surface area contributed by atoms with E-state index < -0.39 is 0 Å². The van der Waals surface area contributed by atoms with Crippen LogP contribution in [0.3, 0.4) is 0 Å². The summed E-state index contributed by atoms with van der Waals surface area (Å²) < 4.78 is 10.9. The summed E-state index contributed by atoms with van der Waals surface area (Å²) >= 11 is 5.99. The summed E-state index contributed by atoms with van der Waals surface area (Å²) in [5.74, 6) is 0.798. The first kappa shape index (κ1) is 20.0. The Labute approximate surface area is 170 Å². The molecule has 1 aliphatic rings. The summed E-state index contributed by atoms with van der Waals surface area (Å²) in [7, 11) is 1.63. The summed E-state index contributed by atoms with van der Waals surface area (Å²) in [5.41, 5.74) is 4.38. The van der Waals surface area contributed by atoms with Gasteiger partial charge in [0.25, 0.3) is 5.91 Å². The molecule has 0 spiro atoms. The van der Waals surface area contributed by atoms with Gasteiger partial charge in [0.05, 0.1) is 18.3 Å². The summed E-state index contributed by atoms with van der Waals surface area (Å²) in [6.07, 6.45) is 5.28. The summed E-state index contributed by atoms with van der Waals surface area (Å²) in [5, 5.41) is 4.45. The standard InChI is InChI=1S/C21H24ClN3O3/c1-27-20-13-17(25-11-5-2-6-12-25)10-9-16(20)14-23-24-21(26)15-28-19-8-4-3-7-18(19)22/h3-4,7-10,13-14H,2,5-6,11-12,15H2,1H3,(H,24,26)/b23-14+.